The number of para-hydroxylation sites is 1. The molecule has 6 heteroatoms. The van der Waals surface area contributed by atoms with E-state index < -0.39 is 5.56 Å². The molecule has 0 aliphatic rings. The van der Waals surface area contributed by atoms with E-state index in [0.29, 0.717) is 23.5 Å². The number of pyridine rings is 2. The van der Waals surface area contributed by atoms with Gasteiger partial charge in [0.25, 0.3) is 5.56 Å². The maximum absolute atomic E-state index is 12.3. The van der Waals surface area contributed by atoms with E-state index in [-0.39, 0.29) is 17.9 Å². The third-order valence-electron chi connectivity index (χ3n) is 4.39. The van der Waals surface area contributed by atoms with Gasteiger partial charge in [-0.3, -0.25) is 9.59 Å². The number of amides is 1. The van der Waals surface area contributed by atoms with E-state index in [1.54, 1.807) is 19.9 Å². The smallest absolute Gasteiger partial charge is 0.266 e. The Balaban J connectivity index is 1.73. The molecule has 130 valence electrons. The number of nitrogens with one attached hydrogen (secondary N) is 2. The zero-order valence-electron chi connectivity index (χ0n) is 14.6. The Kier molecular flexibility index (Phi) is 4.81. The second-order valence-corrected chi connectivity index (χ2v) is 6.11. The standard InChI is InChI=1S/C20H18N4O2/c1-12-15(13(2)22-20(26)16(12)11-21)8-10-19(25)24-18-9-7-14-5-3-4-6-17(14)23-18/h3-7,9H,8,10H2,1-2H3,(H,22,26)(H,23,24,25). The maximum atomic E-state index is 12.3. The fourth-order valence-corrected chi connectivity index (χ4v) is 3.00. The molecule has 0 fully saturated rings. The van der Waals surface area contributed by atoms with Gasteiger partial charge in [0.05, 0.1) is 5.52 Å². The fourth-order valence-electron chi connectivity index (χ4n) is 3.00. The van der Waals surface area contributed by atoms with Crippen LogP contribution in [0, 0.1) is 25.2 Å². The van der Waals surface area contributed by atoms with Crippen LogP contribution in [-0.2, 0) is 11.2 Å². The first-order valence-electron chi connectivity index (χ1n) is 8.27. The van der Waals surface area contributed by atoms with Crippen LogP contribution in [0.4, 0.5) is 5.82 Å². The summed E-state index contributed by atoms with van der Waals surface area (Å²) < 4.78 is 0. The number of rotatable bonds is 4. The van der Waals surface area contributed by atoms with Gasteiger partial charge in [-0.15, -0.1) is 0 Å². The molecule has 0 saturated heterocycles. The summed E-state index contributed by atoms with van der Waals surface area (Å²) in [6.45, 7) is 3.51. The summed E-state index contributed by atoms with van der Waals surface area (Å²) >= 11 is 0. The fraction of sp³-hybridized carbons (Fsp3) is 0.200. The molecule has 0 atom stereocenters. The third kappa shape index (κ3) is 3.47. The second-order valence-electron chi connectivity index (χ2n) is 6.11. The largest absolute Gasteiger partial charge is 0.325 e. The SMILES string of the molecule is Cc1[nH]c(=O)c(C#N)c(C)c1CCC(=O)Nc1ccc2ccccc2n1. The number of nitriles is 1. The Bertz CT molecular complexity index is 1090. The number of carbonyl (C=O) groups excluding carboxylic acids is 1. The van der Waals surface area contributed by atoms with Crippen LogP contribution in [0.2, 0.25) is 0 Å². The van der Waals surface area contributed by atoms with Crippen molar-refractivity contribution in [3.8, 4) is 6.07 Å². The molecule has 2 N–H and O–H groups in total. The van der Waals surface area contributed by atoms with Crippen LogP contribution in [0.3, 0.4) is 0 Å². The van der Waals surface area contributed by atoms with E-state index in [9.17, 15) is 9.59 Å². The lowest BCUT2D eigenvalue weighted by Gasteiger charge is -2.11. The number of aromatic nitrogens is 2. The molecule has 0 aliphatic heterocycles. The van der Waals surface area contributed by atoms with Gasteiger partial charge in [-0.25, -0.2) is 4.98 Å². The van der Waals surface area contributed by atoms with Crippen molar-refractivity contribution in [3.63, 3.8) is 0 Å². The number of H-pyrrole nitrogens is 1. The van der Waals surface area contributed by atoms with E-state index in [0.717, 1.165) is 16.5 Å². The van der Waals surface area contributed by atoms with Gasteiger partial charge in [-0.05, 0) is 49.6 Å². The highest BCUT2D eigenvalue weighted by Gasteiger charge is 2.13. The Labute approximate surface area is 150 Å². The van der Waals surface area contributed by atoms with Gasteiger partial charge in [0.15, 0.2) is 0 Å². The predicted octanol–water partition coefficient (Wildman–Crippen LogP) is 2.98. The summed E-state index contributed by atoms with van der Waals surface area (Å²) in [4.78, 5) is 31.1. The third-order valence-corrected chi connectivity index (χ3v) is 4.39. The minimum atomic E-state index is -0.393. The average molecular weight is 346 g/mol. The molecule has 2 heterocycles. The molecule has 0 radical (unpaired) electrons. The van der Waals surface area contributed by atoms with Crippen molar-refractivity contribution in [2.75, 3.05) is 5.32 Å². The Hall–Kier alpha value is -3.46. The number of anilines is 1. The van der Waals surface area contributed by atoms with Crippen molar-refractivity contribution in [1.82, 2.24) is 9.97 Å². The number of carbonyl (C=O) groups is 1. The minimum Gasteiger partial charge on any atom is -0.325 e. The van der Waals surface area contributed by atoms with E-state index in [1.165, 1.54) is 0 Å². The topological polar surface area (TPSA) is 98.6 Å². The molecular weight excluding hydrogens is 328 g/mol. The summed E-state index contributed by atoms with van der Waals surface area (Å²) in [5.41, 5.74) is 2.66. The molecule has 2 aromatic heterocycles. The molecule has 0 spiro atoms. The summed E-state index contributed by atoms with van der Waals surface area (Å²) in [5, 5.41) is 12.9. The van der Waals surface area contributed by atoms with Crippen molar-refractivity contribution in [1.29, 1.82) is 5.26 Å². The number of benzene rings is 1. The maximum Gasteiger partial charge on any atom is 0.266 e. The summed E-state index contributed by atoms with van der Waals surface area (Å²) in [7, 11) is 0. The quantitative estimate of drug-likeness (QED) is 0.758. The van der Waals surface area contributed by atoms with Crippen LogP contribution in [-0.4, -0.2) is 15.9 Å². The zero-order valence-corrected chi connectivity index (χ0v) is 14.6. The van der Waals surface area contributed by atoms with Crippen LogP contribution in [0.1, 0.15) is 28.8 Å². The van der Waals surface area contributed by atoms with E-state index in [2.05, 4.69) is 15.3 Å². The zero-order chi connectivity index (χ0) is 18.7. The summed E-state index contributed by atoms with van der Waals surface area (Å²) in [6.07, 6.45) is 0.662. The molecule has 1 aromatic carbocycles. The average Bonchev–Trinajstić information content (AvgIpc) is 2.61. The lowest BCUT2D eigenvalue weighted by molar-refractivity contribution is -0.116. The molecule has 1 amide bonds. The van der Waals surface area contributed by atoms with Crippen LogP contribution >= 0.6 is 0 Å². The Morgan fingerprint density at radius 3 is 2.77 bits per heavy atom. The molecule has 3 aromatic rings. The number of aryl methyl sites for hydroxylation is 1. The monoisotopic (exact) mass is 346 g/mol. The molecule has 0 saturated carbocycles. The van der Waals surface area contributed by atoms with Crippen LogP contribution < -0.4 is 10.9 Å². The highest BCUT2D eigenvalue weighted by Crippen LogP contribution is 2.17. The molecule has 6 nitrogen and oxygen atoms in total. The highest BCUT2D eigenvalue weighted by molar-refractivity contribution is 5.91. The van der Waals surface area contributed by atoms with Crippen LogP contribution in [0.25, 0.3) is 10.9 Å². The number of nitrogens with zero attached hydrogens (tertiary/aromatic N) is 2. The van der Waals surface area contributed by atoms with Crippen molar-refractivity contribution in [3.05, 3.63) is 69.1 Å². The first-order chi connectivity index (χ1) is 12.5. The van der Waals surface area contributed by atoms with Crippen molar-refractivity contribution in [2.24, 2.45) is 0 Å². The van der Waals surface area contributed by atoms with Gasteiger partial charge in [0.1, 0.15) is 17.5 Å². The van der Waals surface area contributed by atoms with E-state index in [4.69, 9.17) is 5.26 Å². The first-order valence-corrected chi connectivity index (χ1v) is 8.27. The molecule has 0 aliphatic carbocycles. The first kappa shape index (κ1) is 17.4. The number of hydrogen-bond acceptors (Lipinski definition) is 4. The normalized spacial score (nSPS) is 10.5. The lowest BCUT2D eigenvalue weighted by Crippen LogP contribution is -2.18. The highest BCUT2D eigenvalue weighted by atomic mass is 16.1. The Morgan fingerprint density at radius 1 is 1.23 bits per heavy atom. The summed E-state index contributed by atoms with van der Waals surface area (Å²) in [5.74, 6) is 0.331. The predicted molar refractivity (Wildman–Crippen MR) is 99.9 cm³/mol. The van der Waals surface area contributed by atoms with Gasteiger partial charge < -0.3 is 10.3 Å². The number of aromatic amines is 1. The molecule has 0 bridgehead atoms. The number of fused-ring (bicyclic) bond motifs is 1. The molecule has 3 rings (SSSR count). The minimum absolute atomic E-state index is 0.0993. The van der Waals surface area contributed by atoms with Crippen molar-refractivity contribution < 1.29 is 4.79 Å². The van der Waals surface area contributed by atoms with Gasteiger partial charge >= 0.3 is 0 Å². The van der Waals surface area contributed by atoms with E-state index in [1.807, 2.05) is 36.4 Å². The van der Waals surface area contributed by atoms with Gasteiger partial charge in [-0.2, -0.15) is 5.26 Å². The second kappa shape index (κ2) is 7.19. The van der Waals surface area contributed by atoms with Crippen LogP contribution in [0.15, 0.2) is 41.2 Å². The molecular formula is C20H18N4O2. The van der Waals surface area contributed by atoms with Gasteiger partial charge in [-0.1, -0.05) is 18.2 Å². The van der Waals surface area contributed by atoms with E-state index >= 15 is 0 Å². The number of hydrogen-bond donors (Lipinski definition) is 2. The van der Waals surface area contributed by atoms with Crippen molar-refractivity contribution >= 4 is 22.6 Å². The van der Waals surface area contributed by atoms with Crippen molar-refractivity contribution in [2.45, 2.75) is 26.7 Å². The Morgan fingerprint density at radius 2 is 2.00 bits per heavy atom. The molecule has 0 unspecified atom stereocenters. The van der Waals surface area contributed by atoms with Gasteiger partial charge in [0, 0.05) is 17.5 Å². The molecule has 26 heavy (non-hydrogen) atoms. The van der Waals surface area contributed by atoms with Gasteiger partial charge in [0.2, 0.25) is 5.91 Å². The van der Waals surface area contributed by atoms with Crippen LogP contribution in [0.5, 0.6) is 0 Å². The summed E-state index contributed by atoms with van der Waals surface area (Å²) in [6, 6.07) is 13.3. The lowest BCUT2D eigenvalue weighted by atomic mass is 9.99.